The van der Waals surface area contributed by atoms with Gasteiger partial charge in [0.15, 0.2) is 0 Å². The number of piperidine rings is 1. The minimum absolute atomic E-state index is 0.0499. The molecule has 27 heavy (non-hydrogen) atoms. The summed E-state index contributed by atoms with van der Waals surface area (Å²) in [5.41, 5.74) is 2.14. The molecule has 0 bridgehead atoms. The van der Waals surface area contributed by atoms with E-state index in [-0.39, 0.29) is 17.8 Å². The monoisotopic (exact) mass is 386 g/mol. The fourth-order valence-corrected chi connectivity index (χ4v) is 3.49. The van der Waals surface area contributed by atoms with Crippen molar-refractivity contribution in [3.8, 4) is 0 Å². The molecule has 0 unspecified atom stereocenters. The zero-order chi connectivity index (χ0) is 19.4. The summed E-state index contributed by atoms with van der Waals surface area (Å²) in [6, 6.07) is 13.6. The summed E-state index contributed by atoms with van der Waals surface area (Å²) in [5.74, 6) is -0.369. The first-order valence-corrected chi connectivity index (χ1v) is 9.51. The van der Waals surface area contributed by atoms with E-state index in [2.05, 4.69) is 11.9 Å². The predicted octanol–water partition coefficient (Wildman–Crippen LogP) is 4.57. The van der Waals surface area contributed by atoms with Gasteiger partial charge in [0.2, 0.25) is 0 Å². The molecule has 0 spiro atoms. The molecule has 1 fully saturated rings. The Morgan fingerprint density at radius 2 is 1.70 bits per heavy atom. The van der Waals surface area contributed by atoms with Crippen LogP contribution in [0.25, 0.3) is 11.6 Å². The maximum Gasteiger partial charge on any atom is 0.254 e. The second-order valence-corrected chi connectivity index (χ2v) is 7.50. The van der Waals surface area contributed by atoms with E-state index in [0.29, 0.717) is 16.2 Å². The molecule has 1 aliphatic heterocycles. The van der Waals surface area contributed by atoms with Gasteiger partial charge in [-0.25, -0.2) is 4.39 Å². The standard InChI is InChI=1S/C22H24ClFN2O/c1-25-13-11-20(12-14-25)26(2)22(27)21(17-5-9-19(24)10-6-17)15-16-3-7-18(23)8-4-16/h3-10,15,20H,11-14H2,1-2H3/b21-15+. The zero-order valence-corrected chi connectivity index (χ0v) is 16.4. The summed E-state index contributed by atoms with van der Waals surface area (Å²) in [7, 11) is 3.96. The second kappa shape index (κ2) is 8.68. The van der Waals surface area contributed by atoms with E-state index in [1.54, 1.807) is 24.3 Å². The second-order valence-electron chi connectivity index (χ2n) is 7.07. The Morgan fingerprint density at radius 1 is 1.11 bits per heavy atom. The van der Waals surface area contributed by atoms with Crippen LogP contribution in [0.3, 0.4) is 0 Å². The molecule has 0 N–H and O–H groups in total. The minimum Gasteiger partial charge on any atom is -0.339 e. The summed E-state index contributed by atoms with van der Waals surface area (Å²) in [5, 5.41) is 0.644. The highest BCUT2D eigenvalue weighted by molar-refractivity contribution is 6.30. The van der Waals surface area contributed by atoms with Gasteiger partial charge < -0.3 is 9.80 Å². The first-order chi connectivity index (χ1) is 12.9. The molecule has 2 aromatic rings. The molecule has 1 amide bonds. The molecule has 0 aromatic heterocycles. The molecule has 142 valence electrons. The van der Waals surface area contributed by atoms with Gasteiger partial charge in [0, 0.05) is 23.7 Å². The molecule has 3 rings (SSSR count). The zero-order valence-electron chi connectivity index (χ0n) is 15.7. The van der Waals surface area contributed by atoms with E-state index in [4.69, 9.17) is 11.6 Å². The summed E-state index contributed by atoms with van der Waals surface area (Å²) in [4.78, 5) is 17.4. The van der Waals surface area contributed by atoms with Crippen LogP contribution in [0.4, 0.5) is 4.39 Å². The third kappa shape index (κ3) is 4.96. The van der Waals surface area contributed by atoms with Gasteiger partial charge in [0.25, 0.3) is 5.91 Å². The molecule has 1 heterocycles. The fraction of sp³-hybridized carbons (Fsp3) is 0.318. The SMILES string of the molecule is CN1CCC(N(C)C(=O)/C(=C/c2ccc(Cl)cc2)c2ccc(F)cc2)CC1. The maximum atomic E-state index is 13.4. The van der Waals surface area contributed by atoms with E-state index >= 15 is 0 Å². The number of nitrogens with zero attached hydrogens (tertiary/aromatic N) is 2. The van der Waals surface area contributed by atoms with E-state index in [1.165, 1.54) is 12.1 Å². The average Bonchev–Trinajstić information content (AvgIpc) is 2.68. The normalized spacial score (nSPS) is 16.4. The van der Waals surface area contributed by atoms with Crippen LogP contribution < -0.4 is 0 Å². The van der Waals surface area contributed by atoms with Gasteiger partial charge in [-0.15, -0.1) is 0 Å². The Balaban J connectivity index is 1.92. The number of amides is 1. The van der Waals surface area contributed by atoms with Gasteiger partial charge in [-0.1, -0.05) is 35.9 Å². The van der Waals surface area contributed by atoms with Crippen molar-refractivity contribution >= 4 is 29.2 Å². The summed E-state index contributed by atoms with van der Waals surface area (Å²) in [6.07, 6.45) is 3.75. The first kappa shape index (κ1) is 19.6. The first-order valence-electron chi connectivity index (χ1n) is 9.13. The van der Waals surface area contributed by atoms with E-state index in [0.717, 1.165) is 31.5 Å². The van der Waals surface area contributed by atoms with Crippen molar-refractivity contribution in [2.75, 3.05) is 27.2 Å². The molecule has 0 saturated carbocycles. The van der Waals surface area contributed by atoms with Crippen LogP contribution in [0.1, 0.15) is 24.0 Å². The van der Waals surface area contributed by atoms with Crippen molar-refractivity contribution in [1.29, 1.82) is 0 Å². The summed E-state index contributed by atoms with van der Waals surface area (Å²) < 4.78 is 13.4. The molecule has 1 saturated heterocycles. The van der Waals surface area contributed by atoms with Crippen molar-refractivity contribution < 1.29 is 9.18 Å². The number of carbonyl (C=O) groups excluding carboxylic acids is 1. The van der Waals surface area contributed by atoms with Crippen LogP contribution in [-0.2, 0) is 4.79 Å². The Labute approximate surface area is 165 Å². The van der Waals surface area contributed by atoms with Crippen molar-refractivity contribution in [3.05, 3.63) is 70.5 Å². The minimum atomic E-state index is -0.319. The van der Waals surface area contributed by atoms with Crippen molar-refractivity contribution in [2.45, 2.75) is 18.9 Å². The predicted molar refractivity (Wildman–Crippen MR) is 109 cm³/mol. The molecule has 5 heteroatoms. The number of likely N-dealkylation sites (tertiary alicyclic amines) is 1. The van der Waals surface area contributed by atoms with Crippen molar-refractivity contribution in [2.24, 2.45) is 0 Å². The van der Waals surface area contributed by atoms with Crippen LogP contribution in [0.2, 0.25) is 5.02 Å². The van der Waals surface area contributed by atoms with E-state index < -0.39 is 0 Å². The average molecular weight is 387 g/mol. The highest BCUT2D eigenvalue weighted by Crippen LogP contribution is 2.25. The molecule has 0 radical (unpaired) electrons. The number of likely N-dealkylation sites (N-methyl/N-ethyl adjacent to an activating group) is 1. The molecular formula is C22H24ClFN2O. The Kier molecular flexibility index (Phi) is 6.30. The Bertz CT molecular complexity index is 809. The lowest BCUT2D eigenvalue weighted by molar-refractivity contribution is -0.126. The third-order valence-corrected chi connectivity index (χ3v) is 5.37. The van der Waals surface area contributed by atoms with Crippen molar-refractivity contribution in [1.82, 2.24) is 9.80 Å². The quantitative estimate of drug-likeness (QED) is 0.567. The smallest absolute Gasteiger partial charge is 0.254 e. The van der Waals surface area contributed by atoms with Crippen LogP contribution in [0.15, 0.2) is 48.5 Å². The molecule has 1 aliphatic rings. The highest BCUT2D eigenvalue weighted by atomic mass is 35.5. The highest BCUT2D eigenvalue weighted by Gasteiger charge is 2.26. The largest absolute Gasteiger partial charge is 0.339 e. The topological polar surface area (TPSA) is 23.6 Å². The van der Waals surface area contributed by atoms with Gasteiger partial charge in [-0.3, -0.25) is 4.79 Å². The van der Waals surface area contributed by atoms with Gasteiger partial charge in [-0.2, -0.15) is 0 Å². The number of halogens is 2. The van der Waals surface area contributed by atoms with Crippen LogP contribution in [0.5, 0.6) is 0 Å². The number of hydrogen-bond acceptors (Lipinski definition) is 2. The van der Waals surface area contributed by atoms with Crippen LogP contribution >= 0.6 is 11.6 Å². The summed E-state index contributed by atoms with van der Waals surface area (Å²) >= 11 is 5.97. The van der Waals surface area contributed by atoms with Gasteiger partial charge >= 0.3 is 0 Å². The fourth-order valence-electron chi connectivity index (χ4n) is 3.36. The number of hydrogen-bond donors (Lipinski definition) is 0. The third-order valence-electron chi connectivity index (χ3n) is 5.12. The number of carbonyl (C=O) groups is 1. The lowest BCUT2D eigenvalue weighted by Crippen LogP contribution is -2.44. The van der Waals surface area contributed by atoms with E-state index in [1.807, 2.05) is 30.2 Å². The van der Waals surface area contributed by atoms with Crippen LogP contribution in [-0.4, -0.2) is 48.9 Å². The lowest BCUT2D eigenvalue weighted by Gasteiger charge is -2.35. The van der Waals surface area contributed by atoms with E-state index in [9.17, 15) is 9.18 Å². The lowest BCUT2D eigenvalue weighted by atomic mass is 9.98. The van der Waals surface area contributed by atoms with Crippen LogP contribution in [0, 0.1) is 5.82 Å². The molecule has 2 aromatic carbocycles. The Morgan fingerprint density at radius 3 is 2.30 bits per heavy atom. The van der Waals surface area contributed by atoms with Gasteiger partial charge in [0.05, 0.1) is 0 Å². The number of rotatable bonds is 4. The van der Waals surface area contributed by atoms with Gasteiger partial charge in [-0.05, 0) is 74.4 Å². The summed E-state index contributed by atoms with van der Waals surface area (Å²) in [6.45, 7) is 1.96. The molecule has 3 nitrogen and oxygen atoms in total. The molecule has 0 aliphatic carbocycles. The Hall–Kier alpha value is -2.17. The van der Waals surface area contributed by atoms with Gasteiger partial charge in [0.1, 0.15) is 5.82 Å². The maximum absolute atomic E-state index is 13.4. The molecule has 0 atom stereocenters. The molecular weight excluding hydrogens is 363 g/mol. The number of benzene rings is 2. The van der Waals surface area contributed by atoms with Crippen molar-refractivity contribution in [3.63, 3.8) is 0 Å².